The summed E-state index contributed by atoms with van der Waals surface area (Å²) < 4.78 is 0. The predicted octanol–water partition coefficient (Wildman–Crippen LogP) is 2.26. The maximum absolute atomic E-state index is 12.6. The summed E-state index contributed by atoms with van der Waals surface area (Å²) >= 11 is 0. The number of benzene rings is 2. The third-order valence-electron chi connectivity index (χ3n) is 4.92. The van der Waals surface area contributed by atoms with Crippen LogP contribution in [0.2, 0.25) is 0 Å². The molecule has 2 aliphatic rings. The number of hydrogen-bond acceptors (Lipinski definition) is 4. The van der Waals surface area contributed by atoms with E-state index >= 15 is 0 Å². The second-order valence-electron chi connectivity index (χ2n) is 6.66. The van der Waals surface area contributed by atoms with E-state index in [2.05, 4.69) is 10.5 Å². The van der Waals surface area contributed by atoms with E-state index in [1.54, 1.807) is 11.0 Å². The number of hydrazone groups is 1. The highest BCUT2D eigenvalue weighted by molar-refractivity contribution is 6.59. The molecule has 0 saturated carbocycles. The van der Waals surface area contributed by atoms with Crippen LogP contribution in [-0.4, -0.2) is 41.3 Å². The van der Waals surface area contributed by atoms with Crippen LogP contribution in [0.15, 0.2) is 41.5 Å². The van der Waals surface area contributed by atoms with Crippen LogP contribution >= 0.6 is 0 Å². The molecule has 0 radical (unpaired) electrons. The molecule has 6 heteroatoms. The Morgan fingerprint density at radius 3 is 2.62 bits per heavy atom. The van der Waals surface area contributed by atoms with Crippen LogP contribution in [0.5, 0.6) is 0 Å². The number of carbonyl (C=O) groups is 3. The van der Waals surface area contributed by atoms with Gasteiger partial charge in [-0.1, -0.05) is 42.8 Å². The highest BCUT2D eigenvalue weighted by Gasteiger charge is 2.29. The lowest BCUT2D eigenvalue weighted by atomic mass is 10.1. The smallest absolute Gasteiger partial charge is 0.259 e. The lowest BCUT2D eigenvalue weighted by Crippen LogP contribution is -2.39. The molecule has 0 atom stereocenters. The first kappa shape index (κ1) is 16.4. The van der Waals surface area contributed by atoms with Crippen LogP contribution in [0.4, 0.5) is 0 Å². The van der Waals surface area contributed by atoms with Crippen LogP contribution in [0, 0.1) is 0 Å². The van der Waals surface area contributed by atoms with Crippen LogP contribution < -0.4 is 5.43 Å². The highest BCUT2D eigenvalue weighted by Crippen LogP contribution is 2.30. The molecule has 4 rings (SSSR count). The highest BCUT2D eigenvalue weighted by atomic mass is 16.2. The SMILES string of the molecule is O=C(CN1CCCCCC1=O)N/N=C1/C(=O)c2cccc3cccc1c23. The number of nitrogens with one attached hydrogen (secondary N) is 1. The summed E-state index contributed by atoms with van der Waals surface area (Å²) in [6.45, 7) is 0.563. The molecule has 6 nitrogen and oxygen atoms in total. The molecular formula is C20H19N3O3. The van der Waals surface area contributed by atoms with Crippen molar-refractivity contribution >= 4 is 34.1 Å². The summed E-state index contributed by atoms with van der Waals surface area (Å²) in [6.07, 6.45) is 3.26. The van der Waals surface area contributed by atoms with Crippen molar-refractivity contribution in [2.75, 3.05) is 13.1 Å². The fraction of sp³-hybridized carbons (Fsp3) is 0.300. The summed E-state index contributed by atoms with van der Waals surface area (Å²) in [7, 11) is 0. The summed E-state index contributed by atoms with van der Waals surface area (Å²) in [4.78, 5) is 38.4. The van der Waals surface area contributed by atoms with Crippen LogP contribution in [0.3, 0.4) is 0 Å². The summed E-state index contributed by atoms with van der Waals surface area (Å²) in [5.41, 5.74) is 4.03. The normalized spacial score (nSPS) is 18.5. The zero-order chi connectivity index (χ0) is 18.1. The van der Waals surface area contributed by atoms with Gasteiger partial charge in [0, 0.05) is 29.5 Å². The molecule has 1 heterocycles. The minimum absolute atomic E-state index is 0.000538. The number of ketones is 1. The number of likely N-dealkylation sites (tertiary alicyclic amines) is 1. The van der Waals surface area contributed by atoms with E-state index in [9.17, 15) is 14.4 Å². The van der Waals surface area contributed by atoms with Crippen molar-refractivity contribution in [3.8, 4) is 0 Å². The van der Waals surface area contributed by atoms with Gasteiger partial charge in [-0.3, -0.25) is 14.4 Å². The van der Waals surface area contributed by atoms with Gasteiger partial charge in [0.25, 0.3) is 5.91 Å². The molecular weight excluding hydrogens is 330 g/mol. The van der Waals surface area contributed by atoms with Gasteiger partial charge in [-0.05, 0) is 18.2 Å². The second kappa shape index (κ2) is 6.71. The average Bonchev–Trinajstić information content (AvgIpc) is 2.78. The lowest BCUT2D eigenvalue weighted by molar-refractivity contribution is -0.135. The summed E-state index contributed by atoms with van der Waals surface area (Å²) in [5, 5.41) is 5.93. The molecule has 0 bridgehead atoms. The van der Waals surface area contributed by atoms with E-state index in [0.29, 0.717) is 18.5 Å². The average molecular weight is 349 g/mol. The zero-order valence-electron chi connectivity index (χ0n) is 14.3. The van der Waals surface area contributed by atoms with Gasteiger partial charge in [0.05, 0.1) is 0 Å². The molecule has 2 aromatic rings. The number of nitrogens with zero attached hydrogens (tertiary/aromatic N) is 2. The Morgan fingerprint density at radius 1 is 1.04 bits per heavy atom. The first-order valence-corrected chi connectivity index (χ1v) is 8.86. The number of carbonyl (C=O) groups excluding carboxylic acids is 3. The van der Waals surface area contributed by atoms with Gasteiger partial charge in [0.1, 0.15) is 12.3 Å². The molecule has 0 spiro atoms. The van der Waals surface area contributed by atoms with Gasteiger partial charge in [-0.25, -0.2) is 5.43 Å². The van der Waals surface area contributed by atoms with E-state index in [1.807, 2.05) is 30.3 Å². The molecule has 2 amide bonds. The Hall–Kier alpha value is -3.02. The monoisotopic (exact) mass is 349 g/mol. The van der Waals surface area contributed by atoms with E-state index in [0.717, 1.165) is 35.6 Å². The minimum Gasteiger partial charge on any atom is -0.333 e. The van der Waals surface area contributed by atoms with Crippen LogP contribution in [0.25, 0.3) is 10.8 Å². The maximum Gasteiger partial charge on any atom is 0.259 e. The Bertz CT molecular complexity index is 943. The predicted molar refractivity (Wildman–Crippen MR) is 98.0 cm³/mol. The third kappa shape index (κ3) is 2.87. The zero-order valence-corrected chi connectivity index (χ0v) is 14.3. The summed E-state index contributed by atoms with van der Waals surface area (Å²) in [6, 6.07) is 11.2. The fourth-order valence-electron chi connectivity index (χ4n) is 3.62. The standard InChI is InChI=1S/C20H19N3O3/c24-16(12-23-11-3-1-2-10-17(23)25)21-22-19-14-8-4-6-13-7-5-9-15(18(13)14)20(19)26/h4-9H,1-3,10-12H2,(H,21,24)/b22-19+. The third-order valence-corrected chi connectivity index (χ3v) is 4.92. The quantitative estimate of drug-likeness (QED) is 0.863. The molecule has 0 aromatic heterocycles. The molecule has 1 aliphatic heterocycles. The number of rotatable bonds is 3. The van der Waals surface area contributed by atoms with Crippen molar-refractivity contribution < 1.29 is 14.4 Å². The lowest BCUT2D eigenvalue weighted by Gasteiger charge is -2.18. The van der Waals surface area contributed by atoms with E-state index in [4.69, 9.17) is 0 Å². The van der Waals surface area contributed by atoms with Crippen molar-refractivity contribution in [3.05, 3.63) is 47.5 Å². The van der Waals surface area contributed by atoms with Gasteiger partial charge in [-0.15, -0.1) is 0 Å². The van der Waals surface area contributed by atoms with Gasteiger partial charge in [0.15, 0.2) is 0 Å². The van der Waals surface area contributed by atoms with Crippen molar-refractivity contribution in [3.63, 3.8) is 0 Å². The van der Waals surface area contributed by atoms with Gasteiger partial charge >= 0.3 is 0 Å². The molecule has 1 saturated heterocycles. The van der Waals surface area contributed by atoms with E-state index in [-0.39, 0.29) is 29.9 Å². The largest absolute Gasteiger partial charge is 0.333 e. The van der Waals surface area contributed by atoms with Crippen LogP contribution in [0.1, 0.15) is 41.6 Å². The molecule has 1 N–H and O–H groups in total. The van der Waals surface area contributed by atoms with Crippen molar-refractivity contribution in [2.24, 2.45) is 5.10 Å². The van der Waals surface area contributed by atoms with E-state index < -0.39 is 0 Å². The minimum atomic E-state index is -0.385. The van der Waals surface area contributed by atoms with Crippen molar-refractivity contribution in [1.29, 1.82) is 0 Å². The number of amides is 2. The topological polar surface area (TPSA) is 78.8 Å². The molecule has 0 unspecified atom stereocenters. The molecule has 1 fully saturated rings. The Balaban J connectivity index is 1.53. The molecule has 132 valence electrons. The molecule has 1 aliphatic carbocycles. The fourth-order valence-corrected chi connectivity index (χ4v) is 3.62. The number of hydrogen-bond donors (Lipinski definition) is 1. The molecule has 2 aromatic carbocycles. The Morgan fingerprint density at radius 2 is 1.81 bits per heavy atom. The van der Waals surface area contributed by atoms with Gasteiger partial charge < -0.3 is 4.90 Å². The Kier molecular flexibility index (Phi) is 4.24. The van der Waals surface area contributed by atoms with Gasteiger partial charge in [0.2, 0.25) is 11.7 Å². The van der Waals surface area contributed by atoms with Crippen molar-refractivity contribution in [2.45, 2.75) is 25.7 Å². The summed E-state index contributed by atoms with van der Waals surface area (Å²) in [5.74, 6) is -0.578. The van der Waals surface area contributed by atoms with Crippen LogP contribution in [-0.2, 0) is 9.59 Å². The first-order chi connectivity index (χ1) is 12.6. The van der Waals surface area contributed by atoms with Gasteiger partial charge in [-0.2, -0.15) is 5.10 Å². The van der Waals surface area contributed by atoms with Crippen molar-refractivity contribution in [1.82, 2.24) is 10.3 Å². The number of Topliss-reactive ketones (excluding diaryl/α,β-unsaturated/α-hetero) is 1. The second-order valence-corrected chi connectivity index (χ2v) is 6.66. The molecule has 26 heavy (non-hydrogen) atoms. The maximum atomic E-state index is 12.6. The Labute approximate surface area is 150 Å². The van der Waals surface area contributed by atoms with E-state index in [1.165, 1.54) is 0 Å². The first-order valence-electron chi connectivity index (χ1n) is 8.86.